The number of halogens is 1. The lowest BCUT2D eigenvalue weighted by molar-refractivity contribution is -0.115. The summed E-state index contributed by atoms with van der Waals surface area (Å²) in [5.41, 5.74) is 0.820. The van der Waals surface area contributed by atoms with Gasteiger partial charge in [0.1, 0.15) is 5.75 Å². The maximum absolute atomic E-state index is 12.4. The van der Waals surface area contributed by atoms with Crippen molar-refractivity contribution < 1.29 is 28.6 Å². The first-order chi connectivity index (χ1) is 13.4. The van der Waals surface area contributed by atoms with E-state index in [2.05, 4.69) is 5.32 Å². The number of carbonyl (C=O) groups is 3. The quantitative estimate of drug-likeness (QED) is 0.446. The summed E-state index contributed by atoms with van der Waals surface area (Å²) in [5.74, 6) is -0.245. The molecule has 0 radical (unpaired) electrons. The van der Waals surface area contributed by atoms with E-state index in [-0.39, 0.29) is 21.4 Å². The van der Waals surface area contributed by atoms with Crippen LogP contribution in [0.15, 0.2) is 41.3 Å². The molecule has 1 heterocycles. The lowest BCUT2D eigenvalue weighted by Gasteiger charge is -2.12. The Bertz CT molecular complexity index is 987. The monoisotopic (exact) mass is 419 g/mol. The van der Waals surface area contributed by atoms with Crippen LogP contribution in [0.3, 0.4) is 0 Å². The number of rotatable bonds is 5. The summed E-state index contributed by atoms with van der Waals surface area (Å²) < 4.78 is 15.7. The largest absolute Gasteiger partial charge is 0.497 e. The minimum Gasteiger partial charge on any atom is -0.497 e. The third-order valence-electron chi connectivity index (χ3n) is 3.71. The van der Waals surface area contributed by atoms with Gasteiger partial charge in [0.15, 0.2) is 11.5 Å². The molecule has 28 heavy (non-hydrogen) atoms. The molecule has 9 heteroatoms. The minimum absolute atomic E-state index is 0.0479. The van der Waals surface area contributed by atoms with Crippen molar-refractivity contribution in [1.29, 1.82) is 0 Å². The Morgan fingerprint density at radius 2 is 1.82 bits per heavy atom. The van der Waals surface area contributed by atoms with E-state index in [0.717, 1.165) is 11.8 Å². The van der Waals surface area contributed by atoms with Gasteiger partial charge in [0, 0.05) is 0 Å². The Balaban J connectivity index is 1.87. The van der Waals surface area contributed by atoms with E-state index < -0.39 is 17.1 Å². The fraction of sp³-hybridized carbons (Fsp3) is 0.105. The van der Waals surface area contributed by atoms with Gasteiger partial charge in [0.25, 0.3) is 11.1 Å². The van der Waals surface area contributed by atoms with Crippen LogP contribution in [0.25, 0.3) is 6.08 Å². The third-order valence-corrected chi connectivity index (χ3v) is 4.80. The van der Waals surface area contributed by atoms with E-state index in [1.165, 1.54) is 26.4 Å². The van der Waals surface area contributed by atoms with Crippen molar-refractivity contribution in [3.8, 4) is 17.2 Å². The van der Waals surface area contributed by atoms with Crippen LogP contribution in [-0.4, -0.2) is 31.3 Å². The van der Waals surface area contributed by atoms with Gasteiger partial charge in [-0.25, -0.2) is 4.79 Å². The van der Waals surface area contributed by atoms with Crippen LogP contribution in [0, 0.1) is 0 Å². The van der Waals surface area contributed by atoms with Gasteiger partial charge in [-0.2, -0.15) is 0 Å². The van der Waals surface area contributed by atoms with Crippen LogP contribution in [0.4, 0.5) is 4.79 Å². The van der Waals surface area contributed by atoms with Crippen molar-refractivity contribution >= 4 is 46.6 Å². The van der Waals surface area contributed by atoms with Crippen LogP contribution in [0.2, 0.25) is 5.02 Å². The van der Waals surface area contributed by atoms with Gasteiger partial charge in [0.2, 0.25) is 0 Å². The predicted octanol–water partition coefficient (Wildman–Crippen LogP) is 3.90. The Morgan fingerprint density at radius 1 is 1.11 bits per heavy atom. The Morgan fingerprint density at radius 3 is 2.39 bits per heavy atom. The predicted molar refractivity (Wildman–Crippen MR) is 105 cm³/mol. The van der Waals surface area contributed by atoms with E-state index in [4.69, 9.17) is 25.8 Å². The topological polar surface area (TPSA) is 90.9 Å². The number of carbonyl (C=O) groups excluding carboxylic acids is 3. The molecule has 0 aromatic heterocycles. The first-order valence-corrected chi connectivity index (χ1v) is 9.09. The molecule has 1 saturated heterocycles. The van der Waals surface area contributed by atoms with Crippen LogP contribution in [0.5, 0.6) is 17.2 Å². The van der Waals surface area contributed by atoms with Crippen LogP contribution in [0.1, 0.15) is 15.9 Å². The molecule has 1 fully saturated rings. The number of nitrogens with one attached hydrogen (secondary N) is 1. The number of methoxy groups -OCH3 is 2. The molecule has 2 amide bonds. The van der Waals surface area contributed by atoms with Gasteiger partial charge in [-0.15, -0.1) is 0 Å². The van der Waals surface area contributed by atoms with Crippen molar-refractivity contribution in [2.45, 2.75) is 0 Å². The third kappa shape index (κ3) is 4.29. The zero-order valence-electron chi connectivity index (χ0n) is 14.8. The van der Waals surface area contributed by atoms with E-state index >= 15 is 0 Å². The van der Waals surface area contributed by atoms with E-state index in [0.29, 0.717) is 16.9 Å². The molecule has 0 aliphatic carbocycles. The summed E-state index contributed by atoms with van der Waals surface area (Å²) in [6.45, 7) is 0. The first kappa shape index (κ1) is 19.8. The molecule has 2 aromatic rings. The van der Waals surface area contributed by atoms with Gasteiger partial charge >= 0.3 is 5.97 Å². The Hall–Kier alpha value is -2.97. The number of hydrogen-bond donors (Lipinski definition) is 1. The Kier molecular flexibility index (Phi) is 5.91. The number of thioether (sulfide) groups is 1. The summed E-state index contributed by atoms with van der Waals surface area (Å²) >= 11 is 7.05. The summed E-state index contributed by atoms with van der Waals surface area (Å²) in [6.07, 6.45) is 1.49. The highest BCUT2D eigenvalue weighted by atomic mass is 35.5. The second-order valence-corrected chi connectivity index (χ2v) is 6.93. The molecule has 0 spiro atoms. The molecular formula is C19H14ClNO6S. The molecule has 2 aromatic carbocycles. The smallest absolute Gasteiger partial charge is 0.343 e. The zero-order valence-corrected chi connectivity index (χ0v) is 16.3. The van der Waals surface area contributed by atoms with Crippen LogP contribution < -0.4 is 19.5 Å². The van der Waals surface area contributed by atoms with Crippen molar-refractivity contribution in [3.05, 3.63) is 57.5 Å². The van der Waals surface area contributed by atoms with Crippen LogP contribution in [-0.2, 0) is 4.79 Å². The second-order valence-electron chi connectivity index (χ2n) is 5.50. The highest BCUT2D eigenvalue weighted by molar-refractivity contribution is 8.18. The molecule has 0 saturated carbocycles. The molecule has 7 nitrogen and oxygen atoms in total. The van der Waals surface area contributed by atoms with Gasteiger partial charge in [-0.3, -0.25) is 14.9 Å². The number of hydrogen-bond acceptors (Lipinski definition) is 7. The number of benzene rings is 2. The zero-order chi connectivity index (χ0) is 20.3. The molecule has 0 atom stereocenters. The minimum atomic E-state index is -0.620. The standard InChI is InChI=1S/C19H14ClNO6S/c1-25-12-5-3-11(4-6-12)18(23)27-16-13(20)7-10(8-14(16)26-2)9-15-17(22)21-19(24)28-15/h3-9H,1-2H3,(H,21,22,24)/b15-9-. The molecular weight excluding hydrogens is 406 g/mol. The van der Waals surface area contributed by atoms with E-state index in [1.807, 2.05) is 0 Å². The average molecular weight is 420 g/mol. The molecule has 1 aliphatic heterocycles. The molecule has 144 valence electrons. The second kappa shape index (κ2) is 8.37. The lowest BCUT2D eigenvalue weighted by Crippen LogP contribution is -2.17. The first-order valence-electron chi connectivity index (χ1n) is 7.90. The number of ether oxygens (including phenoxy) is 3. The fourth-order valence-electron chi connectivity index (χ4n) is 2.37. The fourth-order valence-corrected chi connectivity index (χ4v) is 3.31. The molecule has 1 aliphatic rings. The lowest BCUT2D eigenvalue weighted by atomic mass is 10.1. The summed E-state index contributed by atoms with van der Waals surface area (Å²) in [5, 5.41) is 1.84. The van der Waals surface area contributed by atoms with Crippen molar-refractivity contribution in [2.24, 2.45) is 0 Å². The summed E-state index contributed by atoms with van der Waals surface area (Å²) in [7, 11) is 2.92. The van der Waals surface area contributed by atoms with Gasteiger partial charge in [-0.1, -0.05) is 11.6 Å². The van der Waals surface area contributed by atoms with Crippen molar-refractivity contribution in [1.82, 2.24) is 5.32 Å². The number of amides is 2. The van der Waals surface area contributed by atoms with E-state index in [9.17, 15) is 14.4 Å². The van der Waals surface area contributed by atoms with Crippen molar-refractivity contribution in [2.75, 3.05) is 14.2 Å². The molecule has 1 N–H and O–H groups in total. The van der Waals surface area contributed by atoms with Crippen LogP contribution >= 0.6 is 23.4 Å². The maximum atomic E-state index is 12.4. The molecule has 0 unspecified atom stereocenters. The Labute approximate surface area is 169 Å². The highest BCUT2D eigenvalue weighted by Crippen LogP contribution is 2.38. The number of imide groups is 1. The average Bonchev–Trinajstić information content (AvgIpc) is 3.00. The maximum Gasteiger partial charge on any atom is 0.343 e. The normalized spacial score (nSPS) is 14.8. The van der Waals surface area contributed by atoms with Gasteiger partial charge < -0.3 is 14.2 Å². The van der Waals surface area contributed by atoms with E-state index in [1.54, 1.807) is 30.3 Å². The SMILES string of the molecule is COc1ccc(C(=O)Oc2c(Cl)cc(/C=C3\SC(=O)NC3=O)cc2OC)cc1. The summed E-state index contributed by atoms with van der Waals surface area (Å²) in [4.78, 5) is 35.6. The molecule has 3 rings (SSSR count). The summed E-state index contributed by atoms with van der Waals surface area (Å²) in [6, 6.07) is 9.45. The van der Waals surface area contributed by atoms with Crippen molar-refractivity contribution in [3.63, 3.8) is 0 Å². The highest BCUT2D eigenvalue weighted by Gasteiger charge is 2.25. The van der Waals surface area contributed by atoms with Gasteiger partial charge in [-0.05, 0) is 59.8 Å². The van der Waals surface area contributed by atoms with Gasteiger partial charge in [0.05, 0.1) is 29.7 Å². The number of esters is 1. The molecule has 0 bridgehead atoms.